The first-order chi connectivity index (χ1) is 20.2. The van der Waals surface area contributed by atoms with Crippen molar-refractivity contribution in [1.29, 1.82) is 0 Å². The summed E-state index contributed by atoms with van der Waals surface area (Å²) in [6.45, 7) is 5.14. The summed E-state index contributed by atoms with van der Waals surface area (Å²) in [5, 5.41) is 9.17. The fourth-order valence-electron chi connectivity index (χ4n) is 5.50. The zero-order valence-corrected chi connectivity index (χ0v) is 26.4. The first-order valence-electron chi connectivity index (χ1n) is 14.3. The van der Waals surface area contributed by atoms with Crippen LogP contribution in [0.5, 0.6) is 11.5 Å². The summed E-state index contributed by atoms with van der Waals surface area (Å²) in [4.78, 5) is 14.6. The van der Waals surface area contributed by atoms with Crippen molar-refractivity contribution in [3.63, 3.8) is 0 Å². The summed E-state index contributed by atoms with van der Waals surface area (Å²) in [5.41, 5.74) is 2.04. The van der Waals surface area contributed by atoms with E-state index in [0.717, 1.165) is 41.2 Å². The van der Waals surface area contributed by atoms with Gasteiger partial charge in [0.25, 0.3) is 0 Å². The summed E-state index contributed by atoms with van der Waals surface area (Å²) < 4.78 is 38.1. The number of para-hydroxylation sites is 1. The molecule has 42 heavy (non-hydrogen) atoms. The number of anilines is 2. The van der Waals surface area contributed by atoms with Gasteiger partial charge in [-0.3, -0.25) is 13.9 Å². The summed E-state index contributed by atoms with van der Waals surface area (Å²) in [6, 6.07) is 21.4. The molecule has 0 radical (unpaired) electrons. The minimum atomic E-state index is -3.56. The smallest absolute Gasteiger partial charge is 0.306 e. The van der Waals surface area contributed by atoms with Crippen molar-refractivity contribution in [2.75, 3.05) is 31.4 Å². The zero-order valence-electron chi connectivity index (χ0n) is 24.8. The SMILES string of the molecule is CCCCC1(CC)CN(c2ccccc2)c2cc(SC)c(OCCC(=O)O)cc2S(O)(O)N1Cc1ccc(OC)cc1. The maximum atomic E-state index is 12.4. The molecule has 3 N–H and O–H groups in total. The second-order valence-electron chi connectivity index (χ2n) is 10.5. The van der Waals surface area contributed by atoms with Crippen LogP contribution >= 0.6 is 22.5 Å². The first-order valence-corrected chi connectivity index (χ1v) is 17.0. The molecule has 3 aromatic rings. The third kappa shape index (κ3) is 6.84. The Morgan fingerprint density at radius 1 is 1.07 bits per heavy atom. The number of thioether (sulfide) groups is 1. The minimum absolute atomic E-state index is 0.0196. The number of unbranched alkanes of at least 4 members (excludes halogenated alkanes) is 1. The van der Waals surface area contributed by atoms with Crippen LogP contribution in [0.3, 0.4) is 0 Å². The van der Waals surface area contributed by atoms with Crippen LogP contribution in [0.1, 0.15) is 51.5 Å². The normalized spacial score (nSPS) is 19.0. The van der Waals surface area contributed by atoms with Gasteiger partial charge in [0.2, 0.25) is 0 Å². The number of carboxylic acids is 1. The topological polar surface area (TPSA) is 103 Å². The van der Waals surface area contributed by atoms with Gasteiger partial charge in [0.05, 0.1) is 36.3 Å². The zero-order chi connectivity index (χ0) is 30.3. The molecule has 10 heteroatoms. The average Bonchev–Trinajstić information content (AvgIpc) is 3.07. The molecule has 0 amide bonds. The summed E-state index contributed by atoms with van der Waals surface area (Å²) >= 11 is 1.48. The van der Waals surface area contributed by atoms with Gasteiger partial charge in [-0.05, 0) is 55.0 Å². The largest absolute Gasteiger partial charge is 0.497 e. The number of aliphatic carboxylic acids is 1. The van der Waals surface area contributed by atoms with Gasteiger partial charge in [-0.15, -0.1) is 22.5 Å². The van der Waals surface area contributed by atoms with Crippen molar-refractivity contribution in [3.8, 4) is 11.5 Å². The molecule has 0 aliphatic carbocycles. The Morgan fingerprint density at radius 2 is 1.79 bits per heavy atom. The summed E-state index contributed by atoms with van der Waals surface area (Å²) in [6.07, 6.45) is 5.17. The number of ether oxygens (including phenoxy) is 2. The number of nitrogens with zero attached hydrogens (tertiary/aromatic N) is 2. The van der Waals surface area contributed by atoms with Crippen LogP contribution in [0.2, 0.25) is 0 Å². The average molecular weight is 615 g/mol. The molecule has 1 atom stereocenters. The number of hydrogen-bond acceptors (Lipinski definition) is 8. The van der Waals surface area contributed by atoms with Gasteiger partial charge in [0.15, 0.2) is 0 Å². The molecule has 1 unspecified atom stereocenters. The monoisotopic (exact) mass is 614 g/mol. The fraction of sp³-hybridized carbons (Fsp3) is 0.406. The maximum Gasteiger partial charge on any atom is 0.306 e. The number of rotatable bonds is 13. The van der Waals surface area contributed by atoms with E-state index in [1.165, 1.54) is 11.8 Å². The lowest BCUT2D eigenvalue weighted by molar-refractivity contribution is -0.137. The van der Waals surface area contributed by atoms with Crippen LogP contribution in [0.15, 0.2) is 76.5 Å². The molecule has 0 fully saturated rings. The number of methoxy groups -OCH3 is 1. The number of carbonyl (C=O) groups is 1. The van der Waals surface area contributed by atoms with Crippen LogP contribution in [-0.2, 0) is 11.3 Å². The number of hydrogen-bond donors (Lipinski definition) is 3. The highest BCUT2D eigenvalue weighted by Gasteiger charge is 2.48. The van der Waals surface area contributed by atoms with E-state index in [9.17, 15) is 19.0 Å². The predicted molar refractivity (Wildman–Crippen MR) is 172 cm³/mol. The Labute approximate surface area is 255 Å². The number of carboxylic acid groups (broad SMARTS) is 1. The molecule has 1 aliphatic rings. The summed E-state index contributed by atoms with van der Waals surface area (Å²) in [7, 11) is -1.93. The van der Waals surface area contributed by atoms with E-state index in [1.807, 2.05) is 71.2 Å². The molecular formula is C32H42N2O6S2. The molecule has 0 bridgehead atoms. The van der Waals surface area contributed by atoms with E-state index in [2.05, 4.69) is 18.7 Å². The van der Waals surface area contributed by atoms with Crippen molar-refractivity contribution in [2.45, 2.75) is 67.8 Å². The third-order valence-electron chi connectivity index (χ3n) is 7.90. The lowest BCUT2D eigenvalue weighted by atomic mass is 9.88. The number of fused-ring (bicyclic) bond motifs is 1. The molecular weight excluding hydrogens is 572 g/mol. The van der Waals surface area contributed by atoms with Crippen molar-refractivity contribution in [1.82, 2.24) is 4.31 Å². The molecule has 0 saturated carbocycles. The molecule has 228 valence electrons. The van der Waals surface area contributed by atoms with E-state index in [0.29, 0.717) is 35.8 Å². The Morgan fingerprint density at radius 3 is 2.38 bits per heavy atom. The maximum absolute atomic E-state index is 12.4. The van der Waals surface area contributed by atoms with Crippen LogP contribution in [-0.4, -0.2) is 56.5 Å². The highest BCUT2D eigenvalue weighted by molar-refractivity contribution is 8.22. The van der Waals surface area contributed by atoms with E-state index in [-0.39, 0.29) is 13.0 Å². The van der Waals surface area contributed by atoms with Gasteiger partial charge in [-0.25, -0.2) is 0 Å². The Bertz CT molecular complexity index is 1340. The predicted octanol–water partition coefficient (Wildman–Crippen LogP) is 8.29. The second kappa shape index (κ2) is 14.1. The molecule has 0 aromatic heterocycles. The van der Waals surface area contributed by atoms with Crippen molar-refractivity contribution < 1.29 is 28.5 Å². The second-order valence-corrected chi connectivity index (χ2v) is 13.2. The van der Waals surface area contributed by atoms with Crippen LogP contribution in [0.4, 0.5) is 11.4 Å². The third-order valence-corrected chi connectivity index (χ3v) is 10.7. The molecule has 8 nitrogen and oxygen atoms in total. The van der Waals surface area contributed by atoms with Gasteiger partial charge < -0.3 is 19.5 Å². The Kier molecular flexibility index (Phi) is 10.7. The highest BCUT2D eigenvalue weighted by atomic mass is 32.3. The lowest BCUT2D eigenvalue weighted by Gasteiger charge is -2.52. The Balaban J connectivity index is 1.94. The van der Waals surface area contributed by atoms with Crippen LogP contribution in [0.25, 0.3) is 0 Å². The quantitative estimate of drug-likeness (QED) is 0.164. The number of benzene rings is 3. The standard InChI is InChI=1S/C32H42N2O6S2/c1-5-7-18-32(6-2)23-33(25-11-9-8-10-12-25)27-20-29(41-4)28(40-19-17-31(35)36)21-30(27)42(37,38)34(32)22-24-13-15-26(39-3)16-14-24/h8-16,20-21,37-38H,5-7,17-19,22-23H2,1-4H3,(H,35,36). The first kappa shape index (κ1) is 32.0. The van der Waals surface area contributed by atoms with Crippen LogP contribution < -0.4 is 14.4 Å². The summed E-state index contributed by atoms with van der Waals surface area (Å²) in [5.74, 6) is 0.226. The van der Waals surface area contributed by atoms with E-state index < -0.39 is 22.3 Å². The molecule has 1 heterocycles. The highest BCUT2D eigenvalue weighted by Crippen LogP contribution is 2.64. The van der Waals surface area contributed by atoms with Crippen molar-refractivity contribution in [3.05, 3.63) is 72.3 Å². The van der Waals surface area contributed by atoms with Crippen LogP contribution in [0, 0.1) is 0 Å². The van der Waals surface area contributed by atoms with E-state index in [1.54, 1.807) is 13.2 Å². The van der Waals surface area contributed by atoms with Gasteiger partial charge >= 0.3 is 5.97 Å². The molecule has 1 aliphatic heterocycles. The minimum Gasteiger partial charge on any atom is -0.497 e. The lowest BCUT2D eigenvalue weighted by Crippen LogP contribution is -2.53. The Hall–Kier alpha value is -2.89. The van der Waals surface area contributed by atoms with E-state index >= 15 is 0 Å². The molecule has 0 spiro atoms. The fourth-order valence-corrected chi connectivity index (χ4v) is 8.14. The van der Waals surface area contributed by atoms with E-state index in [4.69, 9.17) is 9.47 Å². The molecule has 3 aromatic carbocycles. The van der Waals surface area contributed by atoms with Gasteiger partial charge in [-0.1, -0.05) is 57.0 Å². The van der Waals surface area contributed by atoms with Crippen molar-refractivity contribution in [2.24, 2.45) is 0 Å². The van der Waals surface area contributed by atoms with Crippen molar-refractivity contribution >= 4 is 39.9 Å². The van der Waals surface area contributed by atoms with Gasteiger partial charge in [-0.2, -0.15) is 4.31 Å². The van der Waals surface area contributed by atoms with Gasteiger partial charge in [0, 0.05) is 24.8 Å². The molecule has 0 saturated heterocycles. The molecule has 4 rings (SSSR count). The van der Waals surface area contributed by atoms with Gasteiger partial charge in [0.1, 0.15) is 16.4 Å².